The predicted molar refractivity (Wildman–Crippen MR) is 164 cm³/mol. The molecule has 4 aromatic rings. The first kappa shape index (κ1) is 31.7. The number of ketones is 1. The molecule has 0 aliphatic heterocycles. The maximum absolute atomic E-state index is 13.2. The summed E-state index contributed by atoms with van der Waals surface area (Å²) in [5, 5.41) is 0. The van der Waals surface area contributed by atoms with Gasteiger partial charge in [-0.3, -0.25) is 4.79 Å². The molecule has 0 radical (unpaired) electrons. The monoisotopic (exact) mass is 604 g/mol. The molecule has 4 N–H and O–H groups in total. The van der Waals surface area contributed by atoms with Crippen LogP contribution in [0.4, 0.5) is 24.5 Å². The molecule has 0 aliphatic rings. The minimum absolute atomic E-state index is 0.101. The number of hydrogen-bond donors (Lipinski definition) is 2. The standard InChI is InChI=1S/C34H31F3N2O5/c1-21-27(23-6-10-25(38)11-7-23)14-15-28(39)32(21)29(40)16-4-22-5-17-30(31(20-22)42-2)44-33(41)24-8-12-26(13-9-24)43-19-3-18-34(35,36)37/h4-17,20H,3,18-19,38-39H2,1-2H3/b16-4+. The van der Waals surface area contributed by atoms with E-state index in [2.05, 4.69) is 0 Å². The largest absolute Gasteiger partial charge is 0.494 e. The summed E-state index contributed by atoms with van der Waals surface area (Å²) in [5.41, 5.74) is 16.7. The number of nitrogens with two attached hydrogens (primary N) is 2. The lowest BCUT2D eigenvalue weighted by Crippen LogP contribution is -2.10. The van der Waals surface area contributed by atoms with Crippen LogP contribution in [0.25, 0.3) is 17.2 Å². The van der Waals surface area contributed by atoms with Gasteiger partial charge in [0.2, 0.25) is 0 Å². The topological polar surface area (TPSA) is 114 Å². The molecule has 0 unspecified atom stereocenters. The van der Waals surface area contributed by atoms with E-state index in [4.69, 9.17) is 25.7 Å². The third-order valence-electron chi connectivity index (χ3n) is 6.75. The molecule has 4 aromatic carbocycles. The van der Waals surface area contributed by atoms with Crippen LogP contribution in [-0.2, 0) is 0 Å². The summed E-state index contributed by atoms with van der Waals surface area (Å²) in [6, 6.07) is 21.6. The van der Waals surface area contributed by atoms with Crippen molar-refractivity contribution in [1.29, 1.82) is 0 Å². The molecule has 228 valence electrons. The lowest BCUT2D eigenvalue weighted by molar-refractivity contribution is -0.136. The Balaban J connectivity index is 1.42. The molecule has 0 saturated heterocycles. The third kappa shape index (κ3) is 8.19. The highest BCUT2D eigenvalue weighted by molar-refractivity contribution is 6.12. The van der Waals surface area contributed by atoms with E-state index in [0.717, 1.165) is 16.7 Å². The zero-order chi connectivity index (χ0) is 31.9. The second kappa shape index (κ2) is 13.8. The Bertz CT molecular complexity index is 1660. The van der Waals surface area contributed by atoms with Crippen molar-refractivity contribution in [3.8, 4) is 28.4 Å². The molecule has 0 heterocycles. The number of halogens is 3. The second-order valence-corrected chi connectivity index (χ2v) is 9.91. The van der Waals surface area contributed by atoms with Gasteiger partial charge in [0.1, 0.15) is 5.75 Å². The zero-order valence-corrected chi connectivity index (χ0v) is 24.1. The second-order valence-electron chi connectivity index (χ2n) is 9.91. The number of rotatable bonds is 11. The average Bonchev–Trinajstić information content (AvgIpc) is 2.99. The maximum atomic E-state index is 13.2. The number of benzene rings is 4. The van der Waals surface area contributed by atoms with Crippen LogP contribution in [0.5, 0.6) is 17.2 Å². The SMILES string of the molecule is COc1cc(/C=C/C(=O)c2c(N)ccc(-c3ccc(N)cc3)c2C)ccc1OC(=O)c1ccc(OCCCC(F)(F)F)cc1. The number of allylic oxidation sites excluding steroid dienone is 1. The predicted octanol–water partition coefficient (Wildman–Crippen LogP) is 7.67. The van der Waals surface area contributed by atoms with Crippen LogP contribution in [0, 0.1) is 6.92 Å². The molecule has 0 aliphatic carbocycles. The molecule has 44 heavy (non-hydrogen) atoms. The van der Waals surface area contributed by atoms with Crippen LogP contribution in [0.15, 0.2) is 84.9 Å². The van der Waals surface area contributed by atoms with Crippen molar-refractivity contribution in [2.75, 3.05) is 25.2 Å². The number of carbonyl (C=O) groups excluding carboxylic acids is 2. The molecule has 0 amide bonds. The van der Waals surface area contributed by atoms with Crippen molar-refractivity contribution in [2.24, 2.45) is 0 Å². The summed E-state index contributed by atoms with van der Waals surface area (Å²) < 4.78 is 53.0. The smallest absolute Gasteiger partial charge is 0.389 e. The quantitative estimate of drug-likeness (QED) is 0.0451. The molecule has 0 saturated carbocycles. The van der Waals surface area contributed by atoms with Crippen molar-refractivity contribution >= 4 is 29.2 Å². The van der Waals surface area contributed by atoms with Crippen molar-refractivity contribution in [2.45, 2.75) is 25.9 Å². The molecular weight excluding hydrogens is 573 g/mol. The van der Waals surface area contributed by atoms with Gasteiger partial charge in [0.15, 0.2) is 17.3 Å². The number of methoxy groups -OCH3 is 1. The highest BCUT2D eigenvalue weighted by Crippen LogP contribution is 2.32. The molecular formula is C34H31F3N2O5. The first-order chi connectivity index (χ1) is 20.9. The summed E-state index contributed by atoms with van der Waals surface area (Å²) >= 11 is 0. The van der Waals surface area contributed by atoms with Gasteiger partial charge in [-0.15, -0.1) is 0 Å². The van der Waals surface area contributed by atoms with E-state index in [9.17, 15) is 22.8 Å². The highest BCUT2D eigenvalue weighted by atomic mass is 19.4. The molecule has 10 heteroatoms. The Hall–Kier alpha value is -5.25. The van der Waals surface area contributed by atoms with Gasteiger partial charge in [0.05, 0.1) is 19.3 Å². The van der Waals surface area contributed by atoms with Gasteiger partial charge in [-0.1, -0.05) is 30.3 Å². The van der Waals surface area contributed by atoms with Gasteiger partial charge in [-0.2, -0.15) is 13.2 Å². The fourth-order valence-electron chi connectivity index (χ4n) is 4.47. The van der Waals surface area contributed by atoms with Crippen LogP contribution in [0.2, 0.25) is 0 Å². The van der Waals surface area contributed by atoms with E-state index in [0.29, 0.717) is 28.3 Å². The minimum atomic E-state index is -4.23. The van der Waals surface area contributed by atoms with E-state index < -0.39 is 18.6 Å². The van der Waals surface area contributed by atoms with E-state index >= 15 is 0 Å². The minimum Gasteiger partial charge on any atom is -0.494 e. The van der Waals surface area contributed by atoms with Gasteiger partial charge in [-0.05, 0) is 96.3 Å². The Morgan fingerprint density at radius 3 is 2.25 bits per heavy atom. The molecule has 4 rings (SSSR count). The van der Waals surface area contributed by atoms with Crippen molar-refractivity contribution < 1.29 is 37.0 Å². The van der Waals surface area contributed by atoms with Crippen LogP contribution >= 0.6 is 0 Å². The lowest BCUT2D eigenvalue weighted by atomic mass is 9.93. The maximum Gasteiger partial charge on any atom is 0.389 e. The van der Waals surface area contributed by atoms with E-state index in [1.54, 1.807) is 42.5 Å². The van der Waals surface area contributed by atoms with E-state index in [1.807, 2.05) is 25.1 Å². The number of anilines is 2. The summed E-state index contributed by atoms with van der Waals surface area (Å²) in [5.74, 6) is -0.193. The zero-order valence-electron chi connectivity index (χ0n) is 24.1. The molecule has 0 bridgehead atoms. The van der Waals surface area contributed by atoms with Crippen molar-refractivity contribution in [3.63, 3.8) is 0 Å². The van der Waals surface area contributed by atoms with Gasteiger partial charge >= 0.3 is 12.1 Å². The number of hydrogen-bond acceptors (Lipinski definition) is 7. The van der Waals surface area contributed by atoms with Gasteiger partial charge in [0.25, 0.3) is 0 Å². The highest BCUT2D eigenvalue weighted by Gasteiger charge is 2.26. The Kier molecular flexibility index (Phi) is 9.95. The number of ether oxygens (including phenoxy) is 3. The van der Waals surface area contributed by atoms with Crippen LogP contribution in [0.3, 0.4) is 0 Å². The third-order valence-corrected chi connectivity index (χ3v) is 6.75. The van der Waals surface area contributed by atoms with E-state index in [-0.39, 0.29) is 35.9 Å². The first-order valence-corrected chi connectivity index (χ1v) is 13.6. The molecule has 0 aromatic heterocycles. The number of esters is 1. The fourth-order valence-corrected chi connectivity index (χ4v) is 4.47. The van der Waals surface area contributed by atoms with Crippen LogP contribution in [0.1, 0.15) is 44.7 Å². The number of nitrogen functional groups attached to an aromatic ring is 2. The van der Waals surface area contributed by atoms with Crippen LogP contribution in [-0.4, -0.2) is 31.6 Å². The summed E-state index contributed by atoms with van der Waals surface area (Å²) in [6.45, 7) is 1.74. The number of carbonyl (C=O) groups is 2. The fraction of sp³-hybridized carbons (Fsp3) is 0.176. The van der Waals surface area contributed by atoms with Crippen LogP contribution < -0.4 is 25.7 Å². The van der Waals surface area contributed by atoms with Crippen molar-refractivity contribution in [3.05, 3.63) is 107 Å². The van der Waals surface area contributed by atoms with Gasteiger partial charge in [-0.25, -0.2) is 4.79 Å². The molecule has 0 atom stereocenters. The average molecular weight is 605 g/mol. The molecule has 0 spiro atoms. The number of alkyl halides is 3. The summed E-state index contributed by atoms with van der Waals surface area (Å²) in [4.78, 5) is 25.9. The van der Waals surface area contributed by atoms with Gasteiger partial charge in [0, 0.05) is 23.4 Å². The van der Waals surface area contributed by atoms with Gasteiger partial charge < -0.3 is 25.7 Å². The summed E-state index contributed by atoms with van der Waals surface area (Å²) in [7, 11) is 1.42. The Morgan fingerprint density at radius 2 is 1.59 bits per heavy atom. The normalized spacial score (nSPS) is 11.4. The lowest BCUT2D eigenvalue weighted by Gasteiger charge is -2.13. The molecule has 7 nitrogen and oxygen atoms in total. The Morgan fingerprint density at radius 1 is 0.886 bits per heavy atom. The van der Waals surface area contributed by atoms with E-state index in [1.165, 1.54) is 37.5 Å². The summed E-state index contributed by atoms with van der Waals surface area (Å²) in [6.07, 6.45) is -2.31. The molecule has 0 fully saturated rings. The van der Waals surface area contributed by atoms with Crippen molar-refractivity contribution in [1.82, 2.24) is 0 Å². The Labute approximate surface area is 252 Å². The first-order valence-electron chi connectivity index (χ1n) is 13.6.